The molecule has 0 bridgehead atoms. The number of benzene rings is 4. The van der Waals surface area contributed by atoms with Crippen LogP contribution < -0.4 is 16.0 Å². The van der Waals surface area contributed by atoms with Gasteiger partial charge in [-0.15, -0.1) is 0 Å². The van der Waals surface area contributed by atoms with Crippen LogP contribution in [0.2, 0.25) is 0 Å². The Morgan fingerprint density at radius 2 is 1.35 bits per heavy atom. The van der Waals surface area contributed by atoms with E-state index in [-0.39, 0.29) is 11.9 Å². The molecule has 0 aliphatic heterocycles. The van der Waals surface area contributed by atoms with Crippen molar-refractivity contribution in [2.24, 2.45) is 0 Å². The lowest BCUT2D eigenvalue weighted by Crippen LogP contribution is -2.38. The standard InChI is InChI=1S/C35H31FN6O/c1-24(25-18-20-29(36)21-19-25)39-34(43)40-32-22-31-30(23-38-32)33(37-2)41-42(31)35(26-12-6-3-7-13-26,27-14-8-4-9-15-27)28-16-10-5-11-17-28/h3-24H,1-2H3,(H,37,41)(H2,38,39,40,43). The molecule has 1 atom stereocenters. The summed E-state index contributed by atoms with van der Waals surface area (Å²) in [7, 11) is 1.83. The fraction of sp³-hybridized carbons (Fsp3) is 0.114. The maximum absolute atomic E-state index is 13.4. The number of carbonyl (C=O) groups is 1. The van der Waals surface area contributed by atoms with E-state index in [2.05, 4.69) is 57.3 Å². The van der Waals surface area contributed by atoms with Gasteiger partial charge in [0.15, 0.2) is 5.82 Å². The lowest BCUT2D eigenvalue weighted by Gasteiger charge is -2.37. The maximum Gasteiger partial charge on any atom is 0.320 e. The number of nitrogens with one attached hydrogen (secondary N) is 3. The van der Waals surface area contributed by atoms with Crippen LogP contribution in [0.5, 0.6) is 0 Å². The molecule has 0 radical (unpaired) electrons. The molecule has 0 saturated carbocycles. The van der Waals surface area contributed by atoms with Crippen molar-refractivity contribution < 1.29 is 9.18 Å². The van der Waals surface area contributed by atoms with E-state index in [1.54, 1.807) is 18.3 Å². The van der Waals surface area contributed by atoms with Crippen LogP contribution in [0, 0.1) is 5.82 Å². The number of rotatable bonds is 8. The van der Waals surface area contributed by atoms with Gasteiger partial charge in [0, 0.05) is 19.3 Å². The molecular formula is C35H31FN6O. The van der Waals surface area contributed by atoms with Gasteiger partial charge in [0.25, 0.3) is 0 Å². The fourth-order valence-electron chi connectivity index (χ4n) is 5.61. The van der Waals surface area contributed by atoms with E-state index < -0.39 is 11.6 Å². The van der Waals surface area contributed by atoms with E-state index in [9.17, 15) is 9.18 Å². The lowest BCUT2D eigenvalue weighted by molar-refractivity contribution is 0.249. The zero-order valence-electron chi connectivity index (χ0n) is 23.8. The number of nitrogens with zero attached hydrogens (tertiary/aromatic N) is 3. The van der Waals surface area contributed by atoms with Gasteiger partial charge in [0.2, 0.25) is 0 Å². The summed E-state index contributed by atoms with van der Waals surface area (Å²) in [6.45, 7) is 1.84. The normalized spacial score (nSPS) is 12.1. The SMILES string of the molecule is CNc1nn(C(c2ccccc2)(c2ccccc2)c2ccccc2)c2cc(NC(=O)NC(C)c3ccc(F)cc3)ncc12. The van der Waals surface area contributed by atoms with Crippen molar-refractivity contribution in [2.75, 3.05) is 17.7 Å². The Kier molecular flexibility index (Phi) is 7.57. The summed E-state index contributed by atoms with van der Waals surface area (Å²) in [6.07, 6.45) is 1.72. The molecule has 0 aliphatic carbocycles. The number of hydrogen-bond donors (Lipinski definition) is 3. The highest BCUT2D eigenvalue weighted by Gasteiger charge is 2.41. The van der Waals surface area contributed by atoms with Gasteiger partial charge >= 0.3 is 6.03 Å². The first-order valence-electron chi connectivity index (χ1n) is 14.1. The molecule has 2 amide bonds. The number of pyridine rings is 1. The fourth-order valence-corrected chi connectivity index (χ4v) is 5.61. The van der Waals surface area contributed by atoms with Gasteiger partial charge in [-0.1, -0.05) is 103 Å². The number of urea groups is 1. The van der Waals surface area contributed by atoms with Crippen molar-refractivity contribution in [3.8, 4) is 0 Å². The largest absolute Gasteiger partial charge is 0.371 e. The molecule has 0 aliphatic rings. The van der Waals surface area contributed by atoms with Crippen LogP contribution in [0.15, 0.2) is 128 Å². The topological polar surface area (TPSA) is 83.9 Å². The number of anilines is 2. The second-order valence-corrected chi connectivity index (χ2v) is 10.3. The minimum absolute atomic E-state index is 0.326. The highest BCUT2D eigenvalue weighted by Crippen LogP contribution is 2.43. The van der Waals surface area contributed by atoms with E-state index >= 15 is 0 Å². The molecule has 2 heterocycles. The van der Waals surface area contributed by atoms with Gasteiger partial charge in [-0.25, -0.2) is 18.9 Å². The zero-order valence-corrected chi connectivity index (χ0v) is 23.8. The number of fused-ring (bicyclic) bond motifs is 1. The molecule has 0 fully saturated rings. The number of hydrogen-bond acceptors (Lipinski definition) is 4. The van der Waals surface area contributed by atoms with Gasteiger partial charge in [-0.05, 0) is 41.3 Å². The second-order valence-electron chi connectivity index (χ2n) is 10.3. The number of halogens is 1. The van der Waals surface area contributed by atoms with Gasteiger partial charge in [-0.3, -0.25) is 5.32 Å². The lowest BCUT2D eigenvalue weighted by atomic mass is 9.77. The molecule has 1 unspecified atom stereocenters. The number of amides is 2. The Morgan fingerprint density at radius 3 is 1.86 bits per heavy atom. The highest BCUT2D eigenvalue weighted by atomic mass is 19.1. The summed E-state index contributed by atoms with van der Waals surface area (Å²) in [5.74, 6) is 0.701. The predicted octanol–water partition coefficient (Wildman–Crippen LogP) is 7.34. The molecule has 6 rings (SSSR count). The minimum Gasteiger partial charge on any atom is -0.371 e. The maximum atomic E-state index is 13.4. The molecule has 7 nitrogen and oxygen atoms in total. The Morgan fingerprint density at radius 1 is 0.814 bits per heavy atom. The van der Waals surface area contributed by atoms with E-state index in [1.807, 2.05) is 79.3 Å². The third-order valence-corrected chi connectivity index (χ3v) is 7.65. The van der Waals surface area contributed by atoms with Crippen molar-refractivity contribution in [2.45, 2.75) is 18.5 Å². The summed E-state index contributed by atoms with van der Waals surface area (Å²) in [5.41, 5.74) is 3.78. The van der Waals surface area contributed by atoms with E-state index in [1.165, 1.54) is 12.1 Å². The van der Waals surface area contributed by atoms with E-state index in [0.717, 1.165) is 33.2 Å². The molecule has 214 valence electrons. The van der Waals surface area contributed by atoms with Crippen molar-refractivity contribution in [3.63, 3.8) is 0 Å². The molecule has 6 aromatic rings. The highest BCUT2D eigenvalue weighted by molar-refractivity contribution is 5.95. The van der Waals surface area contributed by atoms with Crippen LogP contribution in [0.1, 0.15) is 35.2 Å². The van der Waals surface area contributed by atoms with Crippen LogP contribution in [0.4, 0.5) is 20.8 Å². The molecule has 2 aromatic heterocycles. The first kappa shape index (κ1) is 27.7. The van der Waals surface area contributed by atoms with Gasteiger partial charge in [0.1, 0.15) is 17.2 Å². The third-order valence-electron chi connectivity index (χ3n) is 7.65. The molecule has 43 heavy (non-hydrogen) atoms. The zero-order chi connectivity index (χ0) is 29.8. The van der Waals surface area contributed by atoms with Gasteiger partial charge in [-0.2, -0.15) is 5.10 Å². The average molecular weight is 571 g/mol. The minimum atomic E-state index is -0.852. The van der Waals surface area contributed by atoms with Crippen LogP contribution in [0.3, 0.4) is 0 Å². The summed E-state index contributed by atoms with van der Waals surface area (Å²) in [4.78, 5) is 17.6. The average Bonchev–Trinajstić information content (AvgIpc) is 3.41. The third kappa shape index (κ3) is 5.19. The van der Waals surface area contributed by atoms with E-state index in [4.69, 9.17) is 5.10 Å². The van der Waals surface area contributed by atoms with Crippen LogP contribution in [-0.4, -0.2) is 27.8 Å². The van der Waals surface area contributed by atoms with Crippen molar-refractivity contribution in [1.29, 1.82) is 0 Å². The summed E-state index contributed by atoms with van der Waals surface area (Å²) in [6, 6.07) is 38.0. The van der Waals surface area contributed by atoms with Crippen LogP contribution in [-0.2, 0) is 5.54 Å². The summed E-state index contributed by atoms with van der Waals surface area (Å²) >= 11 is 0. The van der Waals surface area contributed by atoms with Crippen molar-refractivity contribution in [1.82, 2.24) is 20.1 Å². The molecular weight excluding hydrogens is 539 g/mol. The van der Waals surface area contributed by atoms with Crippen molar-refractivity contribution >= 4 is 28.6 Å². The number of aromatic nitrogens is 3. The molecule has 0 spiro atoms. The van der Waals surface area contributed by atoms with Gasteiger partial charge < -0.3 is 10.6 Å². The van der Waals surface area contributed by atoms with Crippen LogP contribution in [0.25, 0.3) is 10.9 Å². The quantitative estimate of drug-likeness (QED) is 0.167. The molecule has 4 aromatic carbocycles. The Balaban J connectivity index is 1.49. The van der Waals surface area contributed by atoms with Crippen molar-refractivity contribution in [3.05, 3.63) is 156 Å². The smallest absolute Gasteiger partial charge is 0.320 e. The molecule has 3 N–H and O–H groups in total. The Labute approximate surface area is 249 Å². The summed E-state index contributed by atoms with van der Waals surface area (Å²) in [5, 5.41) is 14.9. The molecule has 0 saturated heterocycles. The van der Waals surface area contributed by atoms with Crippen LogP contribution >= 0.6 is 0 Å². The Bertz CT molecular complexity index is 1740. The second kappa shape index (κ2) is 11.8. The van der Waals surface area contributed by atoms with Gasteiger partial charge in [0.05, 0.1) is 16.9 Å². The summed E-state index contributed by atoms with van der Waals surface area (Å²) < 4.78 is 15.4. The predicted molar refractivity (Wildman–Crippen MR) is 169 cm³/mol. The Hall–Kier alpha value is -5.50. The monoisotopic (exact) mass is 570 g/mol. The first-order valence-corrected chi connectivity index (χ1v) is 14.1. The number of carbonyl (C=O) groups excluding carboxylic acids is 1. The molecule has 8 heteroatoms. The first-order chi connectivity index (χ1) is 21.0. The van der Waals surface area contributed by atoms with E-state index in [0.29, 0.717) is 11.6 Å².